The SMILES string of the molecule is Cc1ccc(C#N)c2c([N+](=O)[O-])ccc(NC(C)c3ccncc3)c12. The number of hydrogen-bond donors (Lipinski definition) is 1. The number of nitriles is 1. The molecule has 0 aliphatic heterocycles. The highest BCUT2D eigenvalue weighted by Crippen LogP contribution is 2.37. The van der Waals surface area contributed by atoms with E-state index in [0.29, 0.717) is 16.3 Å². The number of nitrogens with zero attached hydrogens (tertiary/aromatic N) is 3. The third-order valence-corrected chi connectivity index (χ3v) is 4.24. The molecule has 6 nitrogen and oxygen atoms in total. The molecular formula is C19H16N4O2. The summed E-state index contributed by atoms with van der Waals surface area (Å²) in [5.74, 6) is 0. The number of pyridine rings is 1. The summed E-state index contributed by atoms with van der Waals surface area (Å²) in [6.45, 7) is 3.89. The minimum atomic E-state index is -0.446. The number of anilines is 1. The molecule has 0 aliphatic rings. The minimum absolute atomic E-state index is 0.0159. The molecule has 0 saturated carbocycles. The van der Waals surface area contributed by atoms with Crippen LogP contribution in [0.1, 0.15) is 29.7 Å². The van der Waals surface area contributed by atoms with Crippen molar-refractivity contribution in [3.63, 3.8) is 0 Å². The lowest BCUT2D eigenvalue weighted by Crippen LogP contribution is -2.08. The van der Waals surface area contributed by atoms with Crippen molar-refractivity contribution in [1.82, 2.24) is 4.98 Å². The maximum Gasteiger partial charge on any atom is 0.278 e. The summed E-state index contributed by atoms with van der Waals surface area (Å²) in [6, 6.07) is 12.5. The van der Waals surface area contributed by atoms with Crippen LogP contribution < -0.4 is 5.32 Å². The average Bonchev–Trinajstić information content (AvgIpc) is 2.62. The van der Waals surface area contributed by atoms with Gasteiger partial charge in [-0.2, -0.15) is 5.26 Å². The van der Waals surface area contributed by atoms with Gasteiger partial charge in [-0.1, -0.05) is 6.07 Å². The van der Waals surface area contributed by atoms with Crippen molar-refractivity contribution in [3.8, 4) is 6.07 Å². The van der Waals surface area contributed by atoms with E-state index < -0.39 is 4.92 Å². The molecule has 1 aromatic heterocycles. The molecule has 1 atom stereocenters. The summed E-state index contributed by atoms with van der Waals surface area (Å²) in [5, 5.41) is 25.3. The van der Waals surface area contributed by atoms with E-state index in [4.69, 9.17) is 0 Å². The molecule has 0 saturated heterocycles. The molecule has 0 aliphatic carbocycles. The van der Waals surface area contributed by atoms with E-state index in [-0.39, 0.29) is 11.7 Å². The summed E-state index contributed by atoms with van der Waals surface area (Å²) < 4.78 is 0. The zero-order valence-electron chi connectivity index (χ0n) is 13.9. The Balaban J connectivity index is 2.19. The second-order valence-corrected chi connectivity index (χ2v) is 5.83. The summed E-state index contributed by atoms with van der Waals surface area (Å²) in [5.41, 5.74) is 2.93. The lowest BCUT2D eigenvalue weighted by molar-refractivity contribution is -0.383. The van der Waals surface area contributed by atoms with E-state index in [1.165, 1.54) is 6.07 Å². The van der Waals surface area contributed by atoms with Crippen LogP contribution in [0.4, 0.5) is 11.4 Å². The first kappa shape index (κ1) is 16.4. The maximum absolute atomic E-state index is 11.4. The Morgan fingerprint density at radius 3 is 2.52 bits per heavy atom. The molecule has 3 aromatic rings. The van der Waals surface area contributed by atoms with Gasteiger partial charge in [0.2, 0.25) is 0 Å². The third-order valence-electron chi connectivity index (χ3n) is 4.24. The molecule has 1 heterocycles. The van der Waals surface area contributed by atoms with E-state index in [9.17, 15) is 15.4 Å². The zero-order chi connectivity index (χ0) is 18.0. The van der Waals surface area contributed by atoms with Crippen LogP contribution in [0.3, 0.4) is 0 Å². The second kappa shape index (κ2) is 6.57. The number of non-ortho nitro benzene ring substituents is 1. The fourth-order valence-corrected chi connectivity index (χ4v) is 2.98. The first-order chi connectivity index (χ1) is 12.0. The Morgan fingerprint density at radius 1 is 1.16 bits per heavy atom. The van der Waals surface area contributed by atoms with Crippen molar-refractivity contribution in [2.75, 3.05) is 5.32 Å². The average molecular weight is 332 g/mol. The molecule has 0 fully saturated rings. The molecule has 1 unspecified atom stereocenters. The standard InChI is InChI=1S/C19H16N4O2/c1-12-3-4-15(11-20)19-17(23(24)25)6-5-16(18(12)19)22-13(2)14-7-9-21-10-8-14/h3-10,13,22H,1-2H3. The number of rotatable bonds is 4. The molecule has 2 aromatic carbocycles. The molecule has 6 heteroatoms. The molecule has 124 valence electrons. The van der Waals surface area contributed by atoms with Crippen LogP contribution in [0.25, 0.3) is 10.8 Å². The number of nitro benzene ring substituents is 1. The van der Waals surface area contributed by atoms with E-state index in [0.717, 1.165) is 16.8 Å². The molecule has 0 radical (unpaired) electrons. The zero-order valence-corrected chi connectivity index (χ0v) is 13.9. The van der Waals surface area contributed by atoms with E-state index >= 15 is 0 Å². The summed E-state index contributed by atoms with van der Waals surface area (Å²) in [7, 11) is 0. The molecular weight excluding hydrogens is 316 g/mol. The highest BCUT2D eigenvalue weighted by atomic mass is 16.6. The van der Waals surface area contributed by atoms with Gasteiger partial charge in [0.1, 0.15) is 6.07 Å². The van der Waals surface area contributed by atoms with Gasteiger partial charge in [-0.15, -0.1) is 0 Å². The quantitative estimate of drug-likeness (QED) is 0.561. The van der Waals surface area contributed by atoms with Gasteiger partial charge in [0.15, 0.2) is 0 Å². The van der Waals surface area contributed by atoms with Crippen molar-refractivity contribution in [2.24, 2.45) is 0 Å². The van der Waals surface area contributed by atoms with Crippen LogP contribution in [-0.2, 0) is 0 Å². The highest BCUT2D eigenvalue weighted by molar-refractivity contribution is 6.05. The third kappa shape index (κ3) is 3.00. The Bertz CT molecular complexity index is 994. The number of nitro groups is 1. The van der Waals surface area contributed by atoms with Gasteiger partial charge in [-0.3, -0.25) is 15.1 Å². The van der Waals surface area contributed by atoms with E-state index in [1.807, 2.05) is 32.0 Å². The van der Waals surface area contributed by atoms with Gasteiger partial charge in [-0.25, -0.2) is 0 Å². The normalized spacial score (nSPS) is 11.7. The van der Waals surface area contributed by atoms with Crippen LogP contribution in [-0.4, -0.2) is 9.91 Å². The minimum Gasteiger partial charge on any atom is -0.378 e. The van der Waals surface area contributed by atoms with Crippen molar-refractivity contribution in [1.29, 1.82) is 5.26 Å². The summed E-state index contributed by atoms with van der Waals surface area (Å²) in [4.78, 5) is 15.0. The lowest BCUT2D eigenvalue weighted by atomic mass is 9.97. The number of aromatic nitrogens is 1. The van der Waals surface area contributed by atoms with Crippen molar-refractivity contribution in [3.05, 3.63) is 75.6 Å². The topological polar surface area (TPSA) is 91.8 Å². The number of fused-ring (bicyclic) bond motifs is 1. The molecule has 3 rings (SSSR count). The van der Waals surface area contributed by atoms with Gasteiger partial charge < -0.3 is 5.32 Å². The predicted octanol–water partition coefficient (Wildman–Crippen LogP) is 4.50. The largest absolute Gasteiger partial charge is 0.378 e. The molecule has 1 N–H and O–H groups in total. The Morgan fingerprint density at radius 2 is 1.88 bits per heavy atom. The maximum atomic E-state index is 11.4. The van der Waals surface area contributed by atoms with Gasteiger partial charge in [0, 0.05) is 35.6 Å². The molecule has 0 spiro atoms. The first-order valence-corrected chi connectivity index (χ1v) is 7.80. The first-order valence-electron chi connectivity index (χ1n) is 7.80. The van der Waals surface area contributed by atoms with Crippen LogP contribution in [0.5, 0.6) is 0 Å². The van der Waals surface area contributed by atoms with Crippen molar-refractivity contribution < 1.29 is 4.92 Å². The number of aryl methyl sites for hydroxylation is 1. The van der Waals surface area contributed by atoms with Crippen LogP contribution >= 0.6 is 0 Å². The van der Waals surface area contributed by atoms with Crippen LogP contribution in [0, 0.1) is 28.4 Å². The van der Waals surface area contributed by atoms with Gasteiger partial charge in [0.05, 0.1) is 15.9 Å². The molecule has 0 bridgehead atoms. The van der Waals surface area contributed by atoms with Crippen molar-refractivity contribution >= 4 is 22.1 Å². The van der Waals surface area contributed by atoms with Gasteiger partial charge >= 0.3 is 0 Å². The molecule has 0 amide bonds. The van der Waals surface area contributed by atoms with Crippen LogP contribution in [0.2, 0.25) is 0 Å². The summed E-state index contributed by atoms with van der Waals surface area (Å²) in [6.07, 6.45) is 3.45. The fourth-order valence-electron chi connectivity index (χ4n) is 2.98. The Hall–Kier alpha value is -3.46. The van der Waals surface area contributed by atoms with Crippen molar-refractivity contribution in [2.45, 2.75) is 19.9 Å². The number of hydrogen-bond acceptors (Lipinski definition) is 5. The fraction of sp³-hybridized carbons (Fsp3) is 0.158. The lowest BCUT2D eigenvalue weighted by Gasteiger charge is -2.18. The van der Waals surface area contributed by atoms with Crippen LogP contribution in [0.15, 0.2) is 48.8 Å². The van der Waals surface area contributed by atoms with Gasteiger partial charge in [-0.05, 0) is 49.2 Å². The summed E-state index contributed by atoms with van der Waals surface area (Å²) >= 11 is 0. The number of benzene rings is 2. The van der Waals surface area contributed by atoms with Gasteiger partial charge in [0.25, 0.3) is 5.69 Å². The smallest absolute Gasteiger partial charge is 0.278 e. The second-order valence-electron chi connectivity index (χ2n) is 5.83. The Kier molecular flexibility index (Phi) is 4.31. The van der Waals surface area contributed by atoms with E-state index in [1.54, 1.807) is 24.5 Å². The number of nitrogens with one attached hydrogen (secondary N) is 1. The van der Waals surface area contributed by atoms with E-state index in [2.05, 4.69) is 16.4 Å². The Labute approximate surface area is 144 Å². The molecule has 25 heavy (non-hydrogen) atoms. The predicted molar refractivity (Wildman–Crippen MR) is 96.3 cm³/mol. The highest BCUT2D eigenvalue weighted by Gasteiger charge is 2.20. The monoisotopic (exact) mass is 332 g/mol.